The molecule has 0 spiro atoms. The molecule has 0 saturated heterocycles. The van der Waals surface area contributed by atoms with Gasteiger partial charge in [0.15, 0.2) is 0 Å². The van der Waals surface area contributed by atoms with Crippen LogP contribution in [-0.4, -0.2) is 27.0 Å². The number of ether oxygens (including phenoxy) is 1. The van der Waals surface area contributed by atoms with Gasteiger partial charge < -0.3 is 14.6 Å². The number of pyridine rings is 1. The number of rotatable bonds is 7. The fourth-order valence-corrected chi connectivity index (χ4v) is 3.16. The molecule has 0 aliphatic carbocycles. The fraction of sp³-hybridized carbons (Fsp3) is 0.174. The molecule has 0 aliphatic rings. The summed E-state index contributed by atoms with van der Waals surface area (Å²) >= 11 is 0. The van der Waals surface area contributed by atoms with E-state index in [9.17, 15) is 4.79 Å². The summed E-state index contributed by atoms with van der Waals surface area (Å²) in [5, 5.41) is 2.93. The van der Waals surface area contributed by atoms with Crippen LogP contribution in [0.15, 0.2) is 73.1 Å². The number of aryl methyl sites for hydroxylation is 1. The highest BCUT2D eigenvalue weighted by Crippen LogP contribution is 2.17. The summed E-state index contributed by atoms with van der Waals surface area (Å²) in [4.78, 5) is 21.0. The molecule has 0 bridgehead atoms. The first-order valence-corrected chi connectivity index (χ1v) is 9.52. The molecule has 6 heteroatoms. The molecule has 0 saturated carbocycles. The number of para-hydroxylation sites is 2. The molecule has 0 unspecified atom stereocenters. The molecule has 1 N–H and O–H groups in total. The van der Waals surface area contributed by atoms with Gasteiger partial charge in [0.1, 0.15) is 18.2 Å². The minimum absolute atomic E-state index is 0.174. The Morgan fingerprint density at radius 2 is 1.90 bits per heavy atom. The Hall–Kier alpha value is -3.67. The van der Waals surface area contributed by atoms with Crippen LogP contribution in [-0.2, 0) is 13.1 Å². The molecule has 146 valence electrons. The number of nitrogens with zero attached hydrogens (tertiary/aromatic N) is 3. The smallest absolute Gasteiger partial charge is 0.253 e. The maximum atomic E-state index is 12.4. The molecule has 6 nitrogen and oxygen atoms in total. The van der Waals surface area contributed by atoms with Crippen LogP contribution in [0.1, 0.15) is 21.7 Å². The summed E-state index contributed by atoms with van der Waals surface area (Å²) < 4.78 is 7.98. The molecule has 0 radical (unpaired) electrons. The number of carbonyl (C=O) groups excluding carboxylic acids is 1. The summed E-state index contributed by atoms with van der Waals surface area (Å²) in [7, 11) is 0. The number of hydrogen-bond donors (Lipinski definition) is 1. The van der Waals surface area contributed by atoms with Gasteiger partial charge in [-0.05, 0) is 43.3 Å². The number of hydrogen-bond acceptors (Lipinski definition) is 4. The molecule has 4 aromatic rings. The minimum atomic E-state index is -0.174. The lowest BCUT2D eigenvalue weighted by atomic mass is 10.2. The van der Waals surface area contributed by atoms with E-state index in [0.717, 1.165) is 22.6 Å². The summed E-state index contributed by atoms with van der Waals surface area (Å²) in [6.45, 7) is 3.51. The van der Waals surface area contributed by atoms with E-state index in [0.29, 0.717) is 25.3 Å². The fourth-order valence-electron chi connectivity index (χ4n) is 3.16. The normalized spacial score (nSPS) is 10.8. The van der Waals surface area contributed by atoms with Gasteiger partial charge >= 0.3 is 0 Å². The molecule has 0 fully saturated rings. The minimum Gasteiger partial charge on any atom is -0.492 e. The van der Waals surface area contributed by atoms with Crippen molar-refractivity contribution >= 4 is 16.9 Å². The van der Waals surface area contributed by atoms with Crippen LogP contribution in [0, 0.1) is 6.92 Å². The van der Waals surface area contributed by atoms with E-state index in [-0.39, 0.29) is 5.91 Å². The standard InChI is InChI=1S/C23H22N4O2/c1-17-8-10-19(11-9-17)29-14-13-27-21-7-3-2-6-20(21)26-22(27)16-25-23(28)18-5-4-12-24-15-18/h2-12,15H,13-14,16H2,1H3,(H,25,28). The van der Waals surface area contributed by atoms with E-state index in [4.69, 9.17) is 9.72 Å². The molecule has 0 aliphatic heterocycles. The number of carbonyl (C=O) groups is 1. The molecule has 2 aromatic carbocycles. The van der Waals surface area contributed by atoms with Crippen molar-refractivity contribution in [1.29, 1.82) is 0 Å². The SMILES string of the molecule is Cc1ccc(OCCn2c(CNC(=O)c3cccnc3)nc3ccccc32)cc1. The zero-order chi connectivity index (χ0) is 20.1. The predicted molar refractivity (Wildman–Crippen MR) is 112 cm³/mol. The van der Waals surface area contributed by atoms with Crippen molar-refractivity contribution in [2.45, 2.75) is 20.0 Å². The van der Waals surface area contributed by atoms with E-state index < -0.39 is 0 Å². The van der Waals surface area contributed by atoms with Crippen LogP contribution in [0.2, 0.25) is 0 Å². The Bertz CT molecular complexity index is 1100. The van der Waals surface area contributed by atoms with E-state index >= 15 is 0 Å². The zero-order valence-electron chi connectivity index (χ0n) is 16.2. The Morgan fingerprint density at radius 1 is 1.07 bits per heavy atom. The Labute approximate surface area is 169 Å². The maximum absolute atomic E-state index is 12.4. The third-order valence-electron chi connectivity index (χ3n) is 4.67. The van der Waals surface area contributed by atoms with Crippen LogP contribution < -0.4 is 10.1 Å². The van der Waals surface area contributed by atoms with Gasteiger partial charge in [-0.1, -0.05) is 29.8 Å². The third-order valence-corrected chi connectivity index (χ3v) is 4.67. The highest BCUT2D eigenvalue weighted by atomic mass is 16.5. The second kappa shape index (κ2) is 8.56. The predicted octanol–water partition coefficient (Wildman–Crippen LogP) is 3.75. The van der Waals surface area contributed by atoms with E-state index in [1.165, 1.54) is 5.56 Å². The van der Waals surface area contributed by atoms with Crippen molar-refractivity contribution in [3.8, 4) is 5.75 Å². The number of benzene rings is 2. The summed E-state index contributed by atoms with van der Waals surface area (Å²) in [6, 6.07) is 19.4. The zero-order valence-corrected chi connectivity index (χ0v) is 16.2. The number of imidazole rings is 1. The van der Waals surface area contributed by atoms with Gasteiger partial charge in [0.2, 0.25) is 0 Å². The van der Waals surface area contributed by atoms with Crippen LogP contribution in [0.25, 0.3) is 11.0 Å². The molecule has 0 atom stereocenters. The number of amides is 1. The largest absolute Gasteiger partial charge is 0.492 e. The quantitative estimate of drug-likeness (QED) is 0.525. The van der Waals surface area contributed by atoms with Gasteiger partial charge in [-0.3, -0.25) is 9.78 Å². The van der Waals surface area contributed by atoms with Gasteiger partial charge in [0, 0.05) is 12.4 Å². The molecular weight excluding hydrogens is 364 g/mol. The third kappa shape index (κ3) is 4.43. The first-order chi connectivity index (χ1) is 14.2. The van der Waals surface area contributed by atoms with Gasteiger partial charge in [-0.2, -0.15) is 0 Å². The number of aromatic nitrogens is 3. The average molecular weight is 386 g/mol. The Kier molecular flexibility index (Phi) is 5.52. The van der Waals surface area contributed by atoms with Crippen LogP contribution >= 0.6 is 0 Å². The van der Waals surface area contributed by atoms with E-state index in [1.807, 2.05) is 55.5 Å². The maximum Gasteiger partial charge on any atom is 0.253 e. The molecular formula is C23H22N4O2. The average Bonchev–Trinajstić information content (AvgIpc) is 3.11. The summed E-state index contributed by atoms with van der Waals surface area (Å²) in [5.74, 6) is 1.45. The number of fused-ring (bicyclic) bond motifs is 1. The molecule has 1 amide bonds. The van der Waals surface area contributed by atoms with Crippen LogP contribution in [0.3, 0.4) is 0 Å². The Morgan fingerprint density at radius 3 is 2.69 bits per heavy atom. The van der Waals surface area contributed by atoms with Crippen molar-refractivity contribution < 1.29 is 9.53 Å². The lowest BCUT2D eigenvalue weighted by molar-refractivity contribution is 0.0949. The second-order valence-electron chi connectivity index (χ2n) is 6.75. The van der Waals surface area contributed by atoms with Crippen molar-refractivity contribution in [1.82, 2.24) is 19.9 Å². The summed E-state index contributed by atoms with van der Waals surface area (Å²) in [5.41, 5.74) is 3.64. The van der Waals surface area contributed by atoms with Gasteiger partial charge in [-0.15, -0.1) is 0 Å². The molecule has 2 aromatic heterocycles. The number of nitrogens with one attached hydrogen (secondary N) is 1. The van der Waals surface area contributed by atoms with Crippen molar-refractivity contribution in [3.05, 3.63) is 90.0 Å². The highest BCUT2D eigenvalue weighted by Gasteiger charge is 2.12. The molecule has 29 heavy (non-hydrogen) atoms. The van der Waals surface area contributed by atoms with Gasteiger partial charge in [-0.25, -0.2) is 4.98 Å². The first-order valence-electron chi connectivity index (χ1n) is 9.52. The van der Waals surface area contributed by atoms with Gasteiger partial charge in [0.05, 0.1) is 29.7 Å². The molecule has 2 heterocycles. The monoisotopic (exact) mass is 386 g/mol. The second-order valence-corrected chi connectivity index (χ2v) is 6.75. The lowest BCUT2D eigenvalue weighted by Crippen LogP contribution is -2.25. The topological polar surface area (TPSA) is 69.0 Å². The Balaban J connectivity index is 1.48. The highest BCUT2D eigenvalue weighted by molar-refractivity contribution is 5.93. The first kappa shape index (κ1) is 18.7. The van der Waals surface area contributed by atoms with Crippen molar-refractivity contribution in [3.63, 3.8) is 0 Å². The van der Waals surface area contributed by atoms with Gasteiger partial charge in [0.25, 0.3) is 5.91 Å². The summed E-state index contributed by atoms with van der Waals surface area (Å²) in [6.07, 6.45) is 3.19. The molecule has 4 rings (SSSR count). The lowest BCUT2D eigenvalue weighted by Gasteiger charge is -2.12. The van der Waals surface area contributed by atoms with Crippen molar-refractivity contribution in [2.24, 2.45) is 0 Å². The van der Waals surface area contributed by atoms with E-state index in [2.05, 4.69) is 14.9 Å². The van der Waals surface area contributed by atoms with Crippen LogP contribution in [0.5, 0.6) is 5.75 Å². The van der Waals surface area contributed by atoms with Crippen molar-refractivity contribution in [2.75, 3.05) is 6.61 Å². The van der Waals surface area contributed by atoms with Crippen LogP contribution in [0.4, 0.5) is 0 Å². The van der Waals surface area contributed by atoms with E-state index in [1.54, 1.807) is 24.5 Å².